The molecule has 0 aliphatic carbocycles. The van der Waals surface area contributed by atoms with E-state index < -0.39 is 77.3 Å². The summed E-state index contributed by atoms with van der Waals surface area (Å²) < 4.78 is 10.5. The van der Waals surface area contributed by atoms with Crippen LogP contribution in [-0.2, 0) is 39.9 Å². The lowest BCUT2D eigenvalue weighted by molar-refractivity contribution is -0.143. The number of aliphatic carboxylic acids is 1. The van der Waals surface area contributed by atoms with Crippen molar-refractivity contribution in [3.63, 3.8) is 0 Å². The summed E-state index contributed by atoms with van der Waals surface area (Å²) in [6.45, 7) is 13.2. The topological polar surface area (TPSA) is 277 Å². The van der Waals surface area contributed by atoms with E-state index in [2.05, 4.69) is 63.1 Å². The Bertz CT molecular complexity index is 2000. The van der Waals surface area contributed by atoms with Crippen LogP contribution < -0.4 is 37.6 Å². The number of nitrogens with zero attached hydrogens (tertiary/aromatic N) is 1. The molecule has 7 amide bonds. The van der Waals surface area contributed by atoms with Gasteiger partial charge in [0, 0.05) is 38.2 Å². The van der Waals surface area contributed by atoms with Gasteiger partial charge in [0.15, 0.2) is 6.17 Å². The van der Waals surface area contributed by atoms with Crippen molar-refractivity contribution in [2.45, 2.75) is 161 Å². The smallest absolute Gasteiger partial charge is 0.407 e. The molecule has 0 saturated carbocycles. The molecule has 0 unspecified atom stereocenters. The molecule has 9 N–H and O–H groups in total. The zero-order valence-electron chi connectivity index (χ0n) is 40.8. The number of carboxylic acids is 1. The SMILES string of the molecule is CCCCc1ccc(-c2ccc(C(=O)NCCC(=O)N[C@@H](CCCCNC(=O)OC(C)(C)C)C(=O)N3CCC[C@H]3C(=O)N[C@@H](N)C(=O)N[C@@H](CCCCNC(=O)OC(C)(C)C)C(=O)O)cc2)cc1. The predicted molar refractivity (Wildman–Crippen MR) is 256 cm³/mol. The zero-order chi connectivity index (χ0) is 50.4. The van der Waals surface area contributed by atoms with Crippen LogP contribution in [0.25, 0.3) is 11.1 Å². The third-order valence-corrected chi connectivity index (χ3v) is 10.7. The van der Waals surface area contributed by atoms with Crippen LogP contribution in [0.1, 0.15) is 135 Å². The van der Waals surface area contributed by atoms with Crippen LogP contribution in [0.2, 0.25) is 0 Å². The average molecular weight is 951 g/mol. The maximum absolute atomic E-state index is 14.1. The van der Waals surface area contributed by atoms with Gasteiger partial charge in [-0.15, -0.1) is 0 Å². The molecule has 0 aromatic heterocycles. The van der Waals surface area contributed by atoms with Crippen LogP contribution in [0.4, 0.5) is 9.59 Å². The summed E-state index contributed by atoms with van der Waals surface area (Å²) in [5.41, 5.74) is 8.35. The van der Waals surface area contributed by atoms with E-state index in [0.717, 1.165) is 30.4 Å². The number of unbranched alkanes of at least 4 members (excludes halogenated alkanes) is 3. The molecule has 1 aliphatic rings. The Hall–Kier alpha value is -6.24. The van der Waals surface area contributed by atoms with Crippen molar-refractivity contribution in [2.75, 3.05) is 26.2 Å². The summed E-state index contributed by atoms with van der Waals surface area (Å²) in [4.78, 5) is 104. The highest BCUT2D eigenvalue weighted by Gasteiger charge is 2.38. The number of hydrogen-bond acceptors (Lipinski definition) is 11. The van der Waals surface area contributed by atoms with Crippen LogP contribution in [0.15, 0.2) is 48.5 Å². The van der Waals surface area contributed by atoms with Crippen LogP contribution >= 0.6 is 0 Å². The first-order chi connectivity index (χ1) is 32.1. The van der Waals surface area contributed by atoms with Crippen LogP contribution in [-0.4, -0.2) is 119 Å². The van der Waals surface area contributed by atoms with Gasteiger partial charge in [0.25, 0.3) is 11.8 Å². The minimum Gasteiger partial charge on any atom is -0.480 e. The monoisotopic (exact) mass is 951 g/mol. The largest absolute Gasteiger partial charge is 0.480 e. The number of amides is 7. The maximum atomic E-state index is 14.1. The van der Waals surface area contributed by atoms with Crippen LogP contribution in [0.3, 0.4) is 0 Å². The lowest BCUT2D eigenvalue weighted by Crippen LogP contribution is -2.59. The second-order valence-electron chi connectivity index (χ2n) is 18.9. The highest BCUT2D eigenvalue weighted by atomic mass is 16.6. The highest BCUT2D eigenvalue weighted by molar-refractivity contribution is 5.96. The van der Waals surface area contributed by atoms with Crippen molar-refractivity contribution >= 4 is 47.7 Å². The number of rotatable bonds is 25. The second-order valence-corrected chi connectivity index (χ2v) is 18.9. The third kappa shape index (κ3) is 20.7. The quantitative estimate of drug-likeness (QED) is 0.0499. The highest BCUT2D eigenvalue weighted by Crippen LogP contribution is 2.22. The molecule has 2 aromatic carbocycles. The first-order valence-corrected chi connectivity index (χ1v) is 23.7. The number of benzene rings is 2. The Labute approximate surface area is 400 Å². The minimum atomic E-state index is -1.65. The van der Waals surface area contributed by atoms with Crippen molar-refractivity contribution in [1.82, 2.24) is 36.8 Å². The molecule has 0 radical (unpaired) electrons. The van der Waals surface area contributed by atoms with Gasteiger partial charge in [0.05, 0.1) is 0 Å². The van der Waals surface area contributed by atoms with Crippen molar-refractivity contribution < 1.29 is 52.9 Å². The number of alkyl carbamates (subject to hydrolysis) is 2. The van der Waals surface area contributed by atoms with Gasteiger partial charge < -0.3 is 57.1 Å². The molecule has 4 atom stereocenters. The Morgan fingerprint density at radius 1 is 0.706 bits per heavy atom. The predicted octanol–water partition coefficient (Wildman–Crippen LogP) is 4.65. The van der Waals surface area contributed by atoms with Crippen molar-refractivity contribution in [2.24, 2.45) is 5.73 Å². The van der Waals surface area contributed by atoms with E-state index >= 15 is 0 Å². The van der Waals surface area contributed by atoms with Gasteiger partial charge in [-0.1, -0.05) is 49.7 Å². The summed E-state index contributed by atoms with van der Waals surface area (Å²) in [6, 6.07) is 12.1. The van der Waals surface area contributed by atoms with Gasteiger partial charge in [0.2, 0.25) is 17.7 Å². The van der Waals surface area contributed by atoms with Gasteiger partial charge in [-0.05, 0) is 135 Å². The van der Waals surface area contributed by atoms with Gasteiger partial charge in [-0.3, -0.25) is 24.0 Å². The van der Waals surface area contributed by atoms with Gasteiger partial charge in [-0.2, -0.15) is 0 Å². The summed E-state index contributed by atoms with van der Waals surface area (Å²) in [6.07, 6.45) is 2.69. The Morgan fingerprint density at radius 2 is 1.25 bits per heavy atom. The summed E-state index contributed by atoms with van der Waals surface area (Å²) in [5.74, 6) is -4.43. The maximum Gasteiger partial charge on any atom is 0.407 e. The number of aryl methyl sites for hydroxylation is 1. The standard InChI is InChI=1S/C49H74N8O11/c1-8-9-15-32-19-21-33(22-20-32)34-23-25-35(26-24-34)41(59)51-30-27-39(58)54-36(16-10-12-28-52-46(65)67-48(2,3)4)44(62)57-31-14-18-38(57)42(60)56-40(50)43(61)55-37(45(63)64)17-11-13-29-53-47(66)68-49(5,6)7/h19-26,36-38,40H,8-18,27-31,50H2,1-7H3,(H,51,59)(H,52,65)(H,53,66)(H,54,58)(H,55,61)(H,56,60)(H,63,64)/t36-,37-,38-,40+/m0/s1. The number of carbonyl (C=O) groups is 8. The summed E-state index contributed by atoms with van der Waals surface area (Å²) in [5, 5.41) is 25.2. The van der Waals surface area contributed by atoms with E-state index in [1.165, 1.54) is 10.5 Å². The first-order valence-electron chi connectivity index (χ1n) is 23.7. The van der Waals surface area contributed by atoms with Gasteiger partial charge in [-0.25, -0.2) is 14.4 Å². The van der Waals surface area contributed by atoms with E-state index in [4.69, 9.17) is 15.2 Å². The fourth-order valence-electron chi connectivity index (χ4n) is 7.27. The number of nitrogens with one attached hydrogen (secondary N) is 6. The number of carbonyl (C=O) groups excluding carboxylic acids is 7. The molecule has 0 spiro atoms. The molecule has 1 saturated heterocycles. The molecule has 19 nitrogen and oxygen atoms in total. The molecule has 0 bridgehead atoms. The van der Waals surface area contributed by atoms with E-state index in [1.807, 2.05) is 12.1 Å². The van der Waals surface area contributed by atoms with Gasteiger partial charge >= 0.3 is 18.2 Å². The summed E-state index contributed by atoms with van der Waals surface area (Å²) in [7, 11) is 0. The molecule has 3 rings (SSSR count). The average Bonchev–Trinajstić information content (AvgIpc) is 3.76. The van der Waals surface area contributed by atoms with E-state index in [1.54, 1.807) is 53.7 Å². The molecule has 1 fully saturated rings. The fraction of sp³-hybridized carbons (Fsp3) is 0.592. The Morgan fingerprint density at radius 3 is 1.78 bits per heavy atom. The molecule has 376 valence electrons. The molecule has 68 heavy (non-hydrogen) atoms. The number of carboxylic acid groups (broad SMARTS) is 1. The third-order valence-electron chi connectivity index (χ3n) is 10.7. The Kier molecular flexibility index (Phi) is 22.7. The lowest BCUT2D eigenvalue weighted by atomic mass is 10.0. The van der Waals surface area contributed by atoms with Gasteiger partial charge in [0.1, 0.15) is 29.3 Å². The summed E-state index contributed by atoms with van der Waals surface area (Å²) >= 11 is 0. The van der Waals surface area contributed by atoms with Crippen molar-refractivity contribution in [1.29, 1.82) is 0 Å². The van der Waals surface area contributed by atoms with E-state index in [9.17, 15) is 43.5 Å². The Balaban J connectivity index is 1.58. The van der Waals surface area contributed by atoms with Crippen molar-refractivity contribution in [3.05, 3.63) is 59.7 Å². The molecule has 2 aromatic rings. The fourth-order valence-corrected chi connectivity index (χ4v) is 7.27. The molecular weight excluding hydrogens is 877 g/mol. The van der Waals surface area contributed by atoms with Crippen LogP contribution in [0, 0.1) is 0 Å². The number of nitrogens with two attached hydrogens (primary N) is 1. The normalized spacial score (nSPS) is 14.9. The molecule has 1 aliphatic heterocycles. The molecular formula is C49H74N8O11. The molecule has 1 heterocycles. The van der Waals surface area contributed by atoms with Crippen LogP contribution in [0.5, 0.6) is 0 Å². The number of ether oxygens (including phenoxy) is 2. The van der Waals surface area contributed by atoms with Crippen molar-refractivity contribution in [3.8, 4) is 11.1 Å². The minimum absolute atomic E-state index is 0.0160. The second kappa shape index (κ2) is 27.5. The first kappa shape index (κ1) is 56.1. The zero-order valence-corrected chi connectivity index (χ0v) is 40.8. The van der Waals surface area contributed by atoms with E-state index in [-0.39, 0.29) is 57.8 Å². The lowest BCUT2D eigenvalue weighted by Gasteiger charge is -2.29. The molecule has 19 heteroatoms. The number of hydrogen-bond donors (Lipinski definition) is 8. The van der Waals surface area contributed by atoms with E-state index in [0.29, 0.717) is 37.7 Å². The number of likely N-dealkylation sites (tertiary alicyclic amines) is 1.